The van der Waals surface area contributed by atoms with Crippen molar-refractivity contribution in [2.24, 2.45) is 5.73 Å². The Labute approximate surface area is 126 Å². The number of anilines is 2. The highest BCUT2D eigenvalue weighted by Gasteiger charge is 2.05. The van der Waals surface area contributed by atoms with E-state index in [1.54, 1.807) is 55.1 Å². The number of nitrogens with one attached hydrogen (secondary N) is 1. The number of rotatable bonds is 4. The van der Waals surface area contributed by atoms with Crippen LogP contribution >= 0.6 is 0 Å². The number of primary amides is 1. The molecule has 2 aromatic heterocycles. The Balaban J connectivity index is 1.87. The second-order valence-electron chi connectivity index (χ2n) is 4.43. The van der Waals surface area contributed by atoms with Crippen LogP contribution in [0.4, 0.5) is 11.6 Å². The van der Waals surface area contributed by atoms with Crippen molar-refractivity contribution in [2.45, 2.75) is 0 Å². The second kappa shape index (κ2) is 5.96. The summed E-state index contributed by atoms with van der Waals surface area (Å²) in [5.74, 6) is -0.0948. The molecule has 0 radical (unpaired) electrons. The van der Waals surface area contributed by atoms with E-state index in [0.29, 0.717) is 28.6 Å². The van der Waals surface area contributed by atoms with Gasteiger partial charge in [0.1, 0.15) is 5.69 Å². The molecule has 0 unspecified atom stereocenters. The van der Waals surface area contributed by atoms with Crippen LogP contribution in [0.2, 0.25) is 0 Å². The summed E-state index contributed by atoms with van der Waals surface area (Å²) in [5, 5.41) is 3.03. The third-order valence-electron chi connectivity index (χ3n) is 2.88. The molecule has 1 amide bonds. The average molecular weight is 292 g/mol. The molecule has 0 aliphatic heterocycles. The number of carbonyl (C=O) groups excluding carboxylic acids is 1. The van der Waals surface area contributed by atoms with E-state index in [9.17, 15) is 4.79 Å². The minimum Gasteiger partial charge on any atom is -0.366 e. The van der Waals surface area contributed by atoms with Gasteiger partial charge in [0, 0.05) is 29.8 Å². The van der Waals surface area contributed by atoms with Crippen LogP contribution in [0, 0.1) is 0 Å². The summed E-state index contributed by atoms with van der Waals surface area (Å²) in [5.41, 5.74) is 7.65. The quantitative estimate of drug-likeness (QED) is 0.759. The number of hydrogen-bond acceptors (Lipinski definition) is 6. The summed E-state index contributed by atoms with van der Waals surface area (Å²) in [4.78, 5) is 27.9. The summed E-state index contributed by atoms with van der Waals surface area (Å²) in [7, 11) is 0. The van der Waals surface area contributed by atoms with Gasteiger partial charge in [-0.2, -0.15) is 0 Å². The first-order chi connectivity index (χ1) is 10.7. The molecule has 108 valence electrons. The highest BCUT2D eigenvalue weighted by atomic mass is 16.1. The summed E-state index contributed by atoms with van der Waals surface area (Å²) < 4.78 is 0. The SMILES string of the molecule is NC(=O)c1cccc(Nc2nccc(-c3cnccn3)n2)c1. The Morgan fingerprint density at radius 3 is 2.73 bits per heavy atom. The zero-order valence-electron chi connectivity index (χ0n) is 11.5. The van der Waals surface area contributed by atoms with Crippen LogP contribution in [0.15, 0.2) is 55.1 Å². The van der Waals surface area contributed by atoms with Crippen molar-refractivity contribution in [3.05, 3.63) is 60.7 Å². The third kappa shape index (κ3) is 3.04. The van der Waals surface area contributed by atoms with Crippen molar-refractivity contribution in [3.8, 4) is 11.4 Å². The minimum absolute atomic E-state index is 0.393. The lowest BCUT2D eigenvalue weighted by molar-refractivity contribution is 0.100. The van der Waals surface area contributed by atoms with Crippen molar-refractivity contribution in [2.75, 3.05) is 5.32 Å². The number of amides is 1. The van der Waals surface area contributed by atoms with Crippen LogP contribution in [-0.4, -0.2) is 25.8 Å². The van der Waals surface area contributed by atoms with Crippen LogP contribution in [0.25, 0.3) is 11.4 Å². The van der Waals surface area contributed by atoms with Crippen LogP contribution in [0.5, 0.6) is 0 Å². The van der Waals surface area contributed by atoms with Crippen LogP contribution in [-0.2, 0) is 0 Å². The lowest BCUT2D eigenvalue weighted by Crippen LogP contribution is -2.11. The lowest BCUT2D eigenvalue weighted by atomic mass is 10.2. The number of nitrogens with zero attached hydrogens (tertiary/aromatic N) is 4. The molecule has 0 saturated carbocycles. The molecule has 3 aromatic rings. The van der Waals surface area contributed by atoms with Gasteiger partial charge in [0.05, 0.1) is 11.9 Å². The van der Waals surface area contributed by atoms with Gasteiger partial charge >= 0.3 is 0 Å². The van der Waals surface area contributed by atoms with Gasteiger partial charge in [0.15, 0.2) is 0 Å². The highest BCUT2D eigenvalue weighted by molar-refractivity contribution is 5.93. The molecule has 0 aliphatic rings. The molecule has 2 heterocycles. The van der Waals surface area contributed by atoms with E-state index in [1.165, 1.54) is 0 Å². The molecule has 0 spiro atoms. The van der Waals surface area contributed by atoms with Gasteiger partial charge < -0.3 is 11.1 Å². The molecule has 3 rings (SSSR count). The predicted octanol–water partition coefficient (Wildman–Crippen LogP) is 1.78. The summed E-state index contributed by atoms with van der Waals surface area (Å²) >= 11 is 0. The fourth-order valence-electron chi connectivity index (χ4n) is 1.87. The van der Waals surface area contributed by atoms with Gasteiger partial charge in [-0.15, -0.1) is 0 Å². The standard InChI is InChI=1S/C15H12N6O/c16-14(22)10-2-1-3-11(8-10)20-15-19-5-4-12(21-15)13-9-17-6-7-18-13/h1-9H,(H2,16,22)(H,19,20,21). The first-order valence-electron chi connectivity index (χ1n) is 6.49. The Kier molecular flexibility index (Phi) is 3.69. The van der Waals surface area contributed by atoms with E-state index in [1.807, 2.05) is 0 Å². The second-order valence-corrected chi connectivity index (χ2v) is 4.43. The van der Waals surface area contributed by atoms with E-state index in [0.717, 1.165) is 0 Å². The first kappa shape index (κ1) is 13.6. The van der Waals surface area contributed by atoms with E-state index >= 15 is 0 Å². The molecule has 22 heavy (non-hydrogen) atoms. The molecule has 0 atom stereocenters. The maximum Gasteiger partial charge on any atom is 0.248 e. The predicted molar refractivity (Wildman–Crippen MR) is 81.3 cm³/mol. The summed E-state index contributed by atoms with van der Waals surface area (Å²) in [6.45, 7) is 0. The average Bonchev–Trinajstić information content (AvgIpc) is 2.56. The molecule has 0 bridgehead atoms. The van der Waals surface area contributed by atoms with E-state index in [2.05, 4.69) is 25.3 Å². The monoisotopic (exact) mass is 292 g/mol. The van der Waals surface area contributed by atoms with Crippen molar-refractivity contribution < 1.29 is 4.79 Å². The van der Waals surface area contributed by atoms with Gasteiger partial charge in [-0.05, 0) is 24.3 Å². The molecule has 7 heteroatoms. The Morgan fingerprint density at radius 1 is 1.05 bits per heavy atom. The zero-order valence-corrected chi connectivity index (χ0v) is 11.5. The topological polar surface area (TPSA) is 107 Å². The van der Waals surface area contributed by atoms with Crippen molar-refractivity contribution in [1.29, 1.82) is 0 Å². The van der Waals surface area contributed by atoms with Gasteiger partial charge in [-0.25, -0.2) is 9.97 Å². The molecule has 0 saturated heterocycles. The van der Waals surface area contributed by atoms with Crippen molar-refractivity contribution in [3.63, 3.8) is 0 Å². The smallest absolute Gasteiger partial charge is 0.248 e. The van der Waals surface area contributed by atoms with Crippen LogP contribution in [0.1, 0.15) is 10.4 Å². The van der Waals surface area contributed by atoms with Crippen LogP contribution < -0.4 is 11.1 Å². The van der Waals surface area contributed by atoms with Gasteiger partial charge in [0.25, 0.3) is 0 Å². The van der Waals surface area contributed by atoms with Crippen LogP contribution in [0.3, 0.4) is 0 Å². The largest absolute Gasteiger partial charge is 0.366 e. The molecule has 0 fully saturated rings. The van der Waals surface area contributed by atoms with E-state index in [4.69, 9.17) is 5.73 Å². The highest BCUT2D eigenvalue weighted by Crippen LogP contribution is 2.17. The molecule has 7 nitrogen and oxygen atoms in total. The number of benzene rings is 1. The normalized spacial score (nSPS) is 10.2. The zero-order chi connectivity index (χ0) is 15.4. The first-order valence-corrected chi connectivity index (χ1v) is 6.49. The number of aromatic nitrogens is 4. The van der Waals surface area contributed by atoms with Crippen molar-refractivity contribution >= 4 is 17.5 Å². The Hall–Kier alpha value is -3.35. The molecule has 3 N–H and O–H groups in total. The van der Waals surface area contributed by atoms with Crippen molar-refractivity contribution in [1.82, 2.24) is 19.9 Å². The molecular formula is C15H12N6O. The Morgan fingerprint density at radius 2 is 1.95 bits per heavy atom. The van der Waals surface area contributed by atoms with Gasteiger partial charge in [0.2, 0.25) is 11.9 Å². The number of nitrogens with two attached hydrogens (primary N) is 1. The van der Waals surface area contributed by atoms with Gasteiger partial charge in [-0.1, -0.05) is 6.07 Å². The fourth-order valence-corrected chi connectivity index (χ4v) is 1.87. The maximum absolute atomic E-state index is 11.2. The third-order valence-corrected chi connectivity index (χ3v) is 2.88. The number of hydrogen-bond donors (Lipinski definition) is 2. The fraction of sp³-hybridized carbons (Fsp3) is 0. The lowest BCUT2D eigenvalue weighted by Gasteiger charge is -2.07. The number of carbonyl (C=O) groups is 1. The molecular weight excluding hydrogens is 280 g/mol. The summed E-state index contributed by atoms with van der Waals surface area (Å²) in [6, 6.07) is 8.56. The summed E-state index contributed by atoms with van der Waals surface area (Å²) in [6.07, 6.45) is 6.44. The van der Waals surface area contributed by atoms with E-state index in [-0.39, 0.29) is 0 Å². The molecule has 1 aromatic carbocycles. The maximum atomic E-state index is 11.2. The van der Waals surface area contributed by atoms with Gasteiger partial charge in [-0.3, -0.25) is 14.8 Å². The molecule has 0 aliphatic carbocycles. The minimum atomic E-state index is -0.488. The Bertz CT molecular complexity index is 806. The van der Waals surface area contributed by atoms with E-state index < -0.39 is 5.91 Å².